The Balaban J connectivity index is 2.65. The Hall–Kier alpha value is -1.97. The van der Waals surface area contributed by atoms with Crippen LogP contribution in [0.4, 0.5) is 0 Å². The normalized spacial score (nSPS) is 10.7. The van der Waals surface area contributed by atoms with E-state index in [0.29, 0.717) is 12.3 Å². The summed E-state index contributed by atoms with van der Waals surface area (Å²) in [7, 11) is 3.50. The van der Waals surface area contributed by atoms with Gasteiger partial charge in [-0.1, -0.05) is 0 Å². The van der Waals surface area contributed by atoms with Crippen molar-refractivity contribution in [3.63, 3.8) is 0 Å². The summed E-state index contributed by atoms with van der Waals surface area (Å²) in [5.74, 6) is 0.499. The van der Waals surface area contributed by atoms with E-state index in [9.17, 15) is 4.79 Å². The lowest BCUT2D eigenvalue weighted by atomic mass is 10.1. The lowest BCUT2D eigenvalue weighted by molar-refractivity contribution is 0.0515. The third-order valence-corrected chi connectivity index (χ3v) is 3.13. The molecule has 2 rings (SSSR count). The Morgan fingerprint density at radius 3 is 2.72 bits per heavy atom. The van der Waals surface area contributed by atoms with Crippen molar-refractivity contribution in [2.75, 3.05) is 13.7 Å². The van der Waals surface area contributed by atoms with Crippen LogP contribution >= 0.6 is 0 Å². The molecule has 0 aliphatic rings. The van der Waals surface area contributed by atoms with E-state index in [1.807, 2.05) is 36.7 Å². The summed E-state index contributed by atoms with van der Waals surface area (Å²) >= 11 is 0. The van der Waals surface area contributed by atoms with Gasteiger partial charge in [-0.3, -0.25) is 0 Å². The Kier molecular flexibility index (Phi) is 3.28. The standard InChI is InChI=1S/C14H17NO3/c1-5-18-14(16)13-9(2)11-8-10(17-4)6-7-12(11)15(13)3/h6-8H,5H2,1-4H3. The quantitative estimate of drug-likeness (QED) is 0.783. The van der Waals surface area contributed by atoms with Gasteiger partial charge in [0.1, 0.15) is 11.4 Å². The number of hydrogen-bond donors (Lipinski definition) is 0. The number of esters is 1. The molecule has 0 bridgehead atoms. The maximum atomic E-state index is 11.9. The van der Waals surface area contributed by atoms with Gasteiger partial charge in [-0.05, 0) is 37.6 Å². The Morgan fingerprint density at radius 1 is 1.39 bits per heavy atom. The van der Waals surface area contributed by atoms with Gasteiger partial charge in [0.25, 0.3) is 0 Å². The Labute approximate surface area is 106 Å². The third kappa shape index (κ3) is 1.83. The van der Waals surface area contributed by atoms with Crippen molar-refractivity contribution in [1.29, 1.82) is 0 Å². The van der Waals surface area contributed by atoms with Crippen LogP contribution < -0.4 is 4.74 Å². The fraction of sp³-hybridized carbons (Fsp3) is 0.357. The molecule has 0 saturated heterocycles. The SMILES string of the molecule is CCOC(=O)c1c(C)c2cc(OC)ccc2n1C. The van der Waals surface area contributed by atoms with E-state index in [0.717, 1.165) is 22.2 Å². The number of aromatic nitrogens is 1. The topological polar surface area (TPSA) is 40.5 Å². The Bertz CT molecular complexity index is 599. The van der Waals surface area contributed by atoms with E-state index in [1.165, 1.54) is 0 Å². The van der Waals surface area contributed by atoms with Crippen molar-refractivity contribution in [1.82, 2.24) is 4.57 Å². The molecule has 18 heavy (non-hydrogen) atoms. The summed E-state index contributed by atoms with van der Waals surface area (Å²) in [5.41, 5.74) is 2.52. The maximum absolute atomic E-state index is 11.9. The lowest BCUT2D eigenvalue weighted by Crippen LogP contribution is -2.10. The molecule has 0 atom stereocenters. The monoisotopic (exact) mass is 247 g/mol. The molecule has 2 aromatic rings. The molecule has 0 radical (unpaired) electrons. The van der Waals surface area contributed by atoms with Gasteiger partial charge in [0, 0.05) is 18.0 Å². The molecule has 1 heterocycles. The molecule has 0 spiro atoms. The van der Waals surface area contributed by atoms with E-state index >= 15 is 0 Å². The van der Waals surface area contributed by atoms with Gasteiger partial charge < -0.3 is 14.0 Å². The highest BCUT2D eigenvalue weighted by Gasteiger charge is 2.19. The molecule has 1 aromatic carbocycles. The lowest BCUT2D eigenvalue weighted by Gasteiger charge is -2.04. The number of hydrogen-bond acceptors (Lipinski definition) is 3. The van der Waals surface area contributed by atoms with Gasteiger partial charge in [-0.2, -0.15) is 0 Å². The third-order valence-electron chi connectivity index (χ3n) is 3.13. The van der Waals surface area contributed by atoms with Gasteiger partial charge in [0.15, 0.2) is 0 Å². The summed E-state index contributed by atoms with van der Waals surface area (Å²) in [6, 6.07) is 5.77. The van der Waals surface area contributed by atoms with Crippen LogP contribution in [0.5, 0.6) is 5.75 Å². The van der Waals surface area contributed by atoms with Crippen molar-refractivity contribution >= 4 is 16.9 Å². The molecule has 0 saturated carbocycles. The summed E-state index contributed by atoms with van der Waals surface area (Å²) in [6.45, 7) is 4.11. The largest absolute Gasteiger partial charge is 0.497 e. The van der Waals surface area contributed by atoms with Gasteiger partial charge >= 0.3 is 5.97 Å². The molecular formula is C14H17NO3. The number of ether oxygens (including phenoxy) is 2. The van der Waals surface area contributed by atoms with E-state index in [4.69, 9.17) is 9.47 Å². The average molecular weight is 247 g/mol. The van der Waals surface area contributed by atoms with E-state index in [2.05, 4.69) is 0 Å². The summed E-state index contributed by atoms with van der Waals surface area (Å²) in [4.78, 5) is 11.9. The van der Waals surface area contributed by atoms with Crippen LogP contribution in [0.25, 0.3) is 10.9 Å². The van der Waals surface area contributed by atoms with Crippen molar-refractivity contribution in [2.24, 2.45) is 7.05 Å². The molecule has 0 amide bonds. The molecule has 0 fully saturated rings. The predicted octanol–water partition coefficient (Wildman–Crippen LogP) is 2.67. The highest BCUT2D eigenvalue weighted by molar-refractivity contribution is 5.99. The number of carbonyl (C=O) groups is 1. The molecule has 1 aromatic heterocycles. The fourth-order valence-electron chi connectivity index (χ4n) is 2.22. The maximum Gasteiger partial charge on any atom is 0.355 e. The Morgan fingerprint density at radius 2 is 2.11 bits per heavy atom. The van der Waals surface area contributed by atoms with Crippen LogP contribution in [0.1, 0.15) is 23.0 Å². The number of nitrogens with zero attached hydrogens (tertiary/aromatic N) is 1. The second kappa shape index (κ2) is 4.72. The summed E-state index contributed by atoms with van der Waals surface area (Å²) in [6.07, 6.45) is 0. The summed E-state index contributed by atoms with van der Waals surface area (Å²) < 4.78 is 12.2. The minimum atomic E-state index is -0.285. The molecule has 4 nitrogen and oxygen atoms in total. The highest BCUT2D eigenvalue weighted by atomic mass is 16.5. The summed E-state index contributed by atoms with van der Waals surface area (Å²) in [5, 5.41) is 1.01. The molecular weight excluding hydrogens is 230 g/mol. The first-order valence-corrected chi connectivity index (χ1v) is 5.90. The number of carbonyl (C=O) groups excluding carboxylic acids is 1. The van der Waals surface area contributed by atoms with Crippen LogP contribution in [0.3, 0.4) is 0 Å². The molecule has 96 valence electrons. The van der Waals surface area contributed by atoms with E-state index in [-0.39, 0.29) is 5.97 Å². The minimum absolute atomic E-state index is 0.285. The van der Waals surface area contributed by atoms with Crippen molar-refractivity contribution in [2.45, 2.75) is 13.8 Å². The van der Waals surface area contributed by atoms with Crippen molar-refractivity contribution < 1.29 is 14.3 Å². The van der Waals surface area contributed by atoms with Crippen LogP contribution in [0.15, 0.2) is 18.2 Å². The average Bonchev–Trinajstić information content (AvgIpc) is 2.62. The molecule has 0 unspecified atom stereocenters. The number of benzene rings is 1. The fourth-order valence-corrected chi connectivity index (χ4v) is 2.22. The zero-order chi connectivity index (χ0) is 13.3. The van der Waals surface area contributed by atoms with Gasteiger partial charge in [0.05, 0.1) is 13.7 Å². The molecule has 0 aliphatic heterocycles. The van der Waals surface area contributed by atoms with Crippen molar-refractivity contribution in [3.05, 3.63) is 29.5 Å². The number of rotatable bonds is 3. The van der Waals surface area contributed by atoms with Gasteiger partial charge in [0.2, 0.25) is 0 Å². The number of methoxy groups -OCH3 is 1. The second-order valence-corrected chi connectivity index (χ2v) is 4.14. The second-order valence-electron chi connectivity index (χ2n) is 4.14. The highest BCUT2D eigenvalue weighted by Crippen LogP contribution is 2.28. The van der Waals surface area contributed by atoms with E-state index < -0.39 is 0 Å². The van der Waals surface area contributed by atoms with Gasteiger partial charge in [-0.25, -0.2) is 4.79 Å². The first kappa shape index (κ1) is 12.5. The first-order chi connectivity index (χ1) is 8.60. The van der Waals surface area contributed by atoms with E-state index in [1.54, 1.807) is 14.0 Å². The molecule has 4 heteroatoms. The van der Waals surface area contributed by atoms with Crippen LogP contribution in [0.2, 0.25) is 0 Å². The minimum Gasteiger partial charge on any atom is -0.497 e. The predicted molar refractivity (Wildman–Crippen MR) is 70.2 cm³/mol. The van der Waals surface area contributed by atoms with Crippen LogP contribution in [0, 0.1) is 6.92 Å². The van der Waals surface area contributed by atoms with Gasteiger partial charge in [-0.15, -0.1) is 0 Å². The zero-order valence-electron chi connectivity index (χ0n) is 11.1. The smallest absolute Gasteiger partial charge is 0.355 e. The molecule has 0 N–H and O–H groups in total. The van der Waals surface area contributed by atoms with Crippen molar-refractivity contribution in [3.8, 4) is 5.75 Å². The first-order valence-electron chi connectivity index (χ1n) is 5.90. The number of fused-ring (bicyclic) bond motifs is 1. The number of aryl methyl sites for hydroxylation is 2. The zero-order valence-corrected chi connectivity index (χ0v) is 11.1. The van der Waals surface area contributed by atoms with Crippen LogP contribution in [-0.2, 0) is 11.8 Å². The molecule has 0 aliphatic carbocycles. The van der Waals surface area contributed by atoms with Crippen LogP contribution in [-0.4, -0.2) is 24.3 Å².